The van der Waals surface area contributed by atoms with Crippen LogP contribution in [0.1, 0.15) is 5.56 Å². The largest absolute Gasteiger partial charge is 0.378 e. The molecule has 0 radical (unpaired) electrons. The molecular formula is C25H25FN6O2. The van der Waals surface area contributed by atoms with Gasteiger partial charge in [-0.05, 0) is 29.3 Å². The first-order chi connectivity index (χ1) is 16.6. The number of nitrogens with one attached hydrogen (secondary N) is 1. The predicted octanol–water partition coefficient (Wildman–Crippen LogP) is 3.03. The van der Waals surface area contributed by atoms with Gasteiger partial charge in [-0.15, -0.1) is 0 Å². The van der Waals surface area contributed by atoms with Crippen molar-refractivity contribution < 1.29 is 9.13 Å². The van der Waals surface area contributed by atoms with Gasteiger partial charge < -0.3 is 10.1 Å². The quantitative estimate of drug-likeness (QED) is 0.477. The Hall–Kier alpha value is -3.98. The molecule has 1 aliphatic rings. The molecule has 1 saturated heterocycles. The molecule has 8 nitrogen and oxygen atoms in total. The minimum absolute atomic E-state index is 0.189. The van der Waals surface area contributed by atoms with Crippen LogP contribution in [0.25, 0.3) is 22.5 Å². The van der Waals surface area contributed by atoms with Crippen molar-refractivity contribution in [3.63, 3.8) is 0 Å². The highest BCUT2D eigenvalue weighted by molar-refractivity contribution is 5.79. The highest BCUT2D eigenvalue weighted by Crippen LogP contribution is 2.30. The second-order valence-corrected chi connectivity index (χ2v) is 8.02. The van der Waals surface area contributed by atoms with E-state index in [2.05, 4.69) is 15.3 Å². The van der Waals surface area contributed by atoms with Crippen LogP contribution in [0, 0.1) is 5.82 Å². The van der Waals surface area contributed by atoms with Gasteiger partial charge in [0.25, 0.3) is 5.56 Å². The van der Waals surface area contributed by atoms with Crippen LogP contribution in [0.3, 0.4) is 0 Å². The molecule has 2 aromatic carbocycles. The number of hydrogen-bond donors (Lipinski definition) is 1. The Morgan fingerprint density at radius 2 is 1.76 bits per heavy atom. The van der Waals surface area contributed by atoms with Gasteiger partial charge in [0.2, 0.25) is 5.95 Å². The van der Waals surface area contributed by atoms with Crippen LogP contribution >= 0.6 is 0 Å². The molecule has 174 valence electrons. The maximum absolute atomic E-state index is 13.6. The Bertz CT molecular complexity index is 1330. The van der Waals surface area contributed by atoms with Gasteiger partial charge in [-0.2, -0.15) is 4.79 Å². The number of aromatic nitrogens is 4. The van der Waals surface area contributed by atoms with Gasteiger partial charge >= 0.3 is 0 Å². The number of nitrogens with zero attached hydrogens (tertiary/aromatic N) is 5. The Labute approximate surface area is 196 Å². The smallest absolute Gasteiger partial charge is 0.276 e. The van der Waals surface area contributed by atoms with Crippen molar-refractivity contribution in [1.82, 2.24) is 19.4 Å². The second-order valence-electron chi connectivity index (χ2n) is 8.02. The number of rotatable bonds is 6. The maximum atomic E-state index is 13.6. The molecule has 5 rings (SSSR count). The summed E-state index contributed by atoms with van der Waals surface area (Å²) in [6.45, 7) is 2.95. The molecule has 0 unspecified atom stereocenters. The lowest BCUT2D eigenvalue weighted by molar-refractivity contribution is 0.107. The summed E-state index contributed by atoms with van der Waals surface area (Å²) in [5, 5.41) is 5.32. The Morgan fingerprint density at radius 3 is 2.50 bits per heavy atom. The molecule has 34 heavy (non-hydrogen) atoms. The summed E-state index contributed by atoms with van der Waals surface area (Å²) in [5.41, 5.74) is 3.22. The third-order valence-electron chi connectivity index (χ3n) is 5.81. The topological polar surface area (TPSA) is 77.2 Å². The van der Waals surface area contributed by atoms with Crippen molar-refractivity contribution in [2.45, 2.75) is 6.54 Å². The molecule has 1 aliphatic heterocycles. The van der Waals surface area contributed by atoms with E-state index in [1.165, 1.54) is 12.1 Å². The molecular weight excluding hydrogens is 435 g/mol. The molecule has 4 aromatic rings. The Morgan fingerprint density at radius 1 is 1.03 bits per heavy atom. The maximum Gasteiger partial charge on any atom is 0.276 e. The highest BCUT2D eigenvalue weighted by Gasteiger charge is 2.26. The van der Waals surface area contributed by atoms with Crippen molar-refractivity contribution in [2.75, 3.05) is 36.6 Å². The lowest BCUT2D eigenvalue weighted by atomic mass is 10.0. The van der Waals surface area contributed by atoms with E-state index in [9.17, 15) is 9.18 Å². The van der Waals surface area contributed by atoms with E-state index in [0.29, 0.717) is 61.3 Å². The van der Waals surface area contributed by atoms with E-state index >= 15 is 0 Å². The molecule has 0 spiro atoms. The molecule has 0 aliphatic carbocycles. The van der Waals surface area contributed by atoms with Gasteiger partial charge in [0.15, 0.2) is 0 Å². The fourth-order valence-corrected chi connectivity index (χ4v) is 4.13. The van der Waals surface area contributed by atoms with Gasteiger partial charge in [0.1, 0.15) is 11.5 Å². The fraction of sp³-hybridized carbons (Fsp3) is 0.240. The van der Waals surface area contributed by atoms with Gasteiger partial charge in [0.05, 0.1) is 37.6 Å². The summed E-state index contributed by atoms with van der Waals surface area (Å²) in [6, 6.07) is 17.7. The second kappa shape index (κ2) is 9.48. The van der Waals surface area contributed by atoms with Crippen LogP contribution < -0.4 is 15.9 Å². The SMILES string of the molecule is Cn1c(=O)c(-c2ccc(F)cc2)c(-c2ccnc(NCc3ccccc3)n2)n1N1CCOCC1. The lowest BCUT2D eigenvalue weighted by Crippen LogP contribution is -2.47. The van der Waals surface area contributed by atoms with E-state index in [0.717, 1.165) is 5.56 Å². The Kier molecular flexibility index (Phi) is 6.09. The first-order valence-electron chi connectivity index (χ1n) is 11.1. The van der Waals surface area contributed by atoms with E-state index in [-0.39, 0.29) is 11.4 Å². The first-order valence-corrected chi connectivity index (χ1v) is 11.1. The number of benzene rings is 2. The minimum Gasteiger partial charge on any atom is -0.378 e. The number of ether oxygens (including phenoxy) is 1. The molecule has 0 amide bonds. The fourth-order valence-electron chi connectivity index (χ4n) is 4.13. The molecule has 1 fully saturated rings. The summed E-state index contributed by atoms with van der Waals surface area (Å²) < 4.78 is 20.7. The van der Waals surface area contributed by atoms with Gasteiger partial charge in [-0.3, -0.25) is 9.80 Å². The van der Waals surface area contributed by atoms with Crippen LogP contribution in [0.4, 0.5) is 10.3 Å². The van der Waals surface area contributed by atoms with E-state index in [1.807, 2.05) is 35.1 Å². The van der Waals surface area contributed by atoms with Crippen molar-refractivity contribution in [1.29, 1.82) is 0 Å². The lowest BCUT2D eigenvalue weighted by Gasteiger charge is -2.32. The number of anilines is 1. The molecule has 0 bridgehead atoms. The highest BCUT2D eigenvalue weighted by atomic mass is 19.1. The summed E-state index contributed by atoms with van der Waals surface area (Å²) in [5.74, 6) is 0.0976. The zero-order valence-electron chi connectivity index (χ0n) is 18.8. The van der Waals surface area contributed by atoms with Crippen LogP contribution in [0.5, 0.6) is 0 Å². The van der Waals surface area contributed by atoms with Gasteiger partial charge in [-0.25, -0.2) is 19.0 Å². The third-order valence-corrected chi connectivity index (χ3v) is 5.81. The minimum atomic E-state index is -0.357. The first kappa shape index (κ1) is 21.8. The van der Waals surface area contributed by atoms with Crippen LogP contribution in [0.2, 0.25) is 0 Å². The van der Waals surface area contributed by atoms with Gasteiger partial charge in [-0.1, -0.05) is 42.5 Å². The third kappa shape index (κ3) is 4.29. The van der Waals surface area contributed by atoms with Gasteiger partial charge in [0, 0.05) is 19.8 Å². The monoisotopic (exact) mass is 460 g/mol. The molecule has 1 N–H and O–H groups in total. The zero-order valence-corrected chi connectivity index (χ0v) is 18.8. The molecule has 2 aromatic heterocycles. The van der Waals surface area contributed by atoms with E-state index < -0.39 is 0 Å². The van der Waals surface area contributed by atoms with E-state index in [4.69, 9.17) is 9.72 Å². The van der Waals surface area contributed by atoms with E-state index in [1.54, 1.807) is 36.1 Å². The zero-order chi connectivity index (χ0) is 23.5. The summed E-state index contributed by atoms with van der Waals surface area (Å²) >= 11 is 0. The van der Waals surface area contributed by atoms with Crippen LogP contribution in [-0.4, -0.2) is 45.7 Å². The summed E-state index contributed by atoms with van der Waals surface area (Å²) in [4.78, 5) is 24.4. The number of hydrogen-bond acceptors (Lipinski definition) is 6. The molecule has 0 saturated carbocycles. The summed E-state index contributed by atoms with van der Waals surface area (Å²) in [7, 11) is 1.73. The van der Waals surface area contributed by atoms with Crippen molar-refractivity contribution >= 4 is 5.95 Å². The van der Waals surface area contributed by atoms with Crippen molar-refractivity contribution in [2.24, 2.45) is 7.05 Å². The standard InChI is InChI=1S/C25H25FN6O2/c1-30-24(33)22(19-7-9-20(26)10-8-19)23(32(30)31-13-15-34-16-14-31)21-11-12-27-25(29-21)28-17-18-5-3-2-4-6-18/h2-12H,13-17H2,1H3,(H,27,28,29). The molecule has 9 heteroatoms. The van der Waals surface area contributed by atoms with Crippen LogP contribution in [0.15, 0.2) is 71.7 Å². The van der Waals surface area contributed by atoms with Crippen molar-refractivity contribution in [3.8, 4) is 22.5 Å². The Balaban J connectivity index is 1.61. The van der Waals surface area contributed by atoms with Crippen molar-refractivity contribution in [3.05, 3.63) is 88.6 Å². The average molecular weight is 461 g/mol. The predicted molar refractivity (Wildman–Crippen MR) is 129 cm³/mol. The number of morpholine rings is 1. The normalized spacial score (nSPS) is 13.8. The molecule has 0 atom stereocenters. The van der Waals surface area contributed by atoms with Crippen LogP contribution in [-0.2, 0) is 18.3 Å². The molecule has 3 heterocycles. The average Bonchev–Trinajstić information content (AvgIpc) is 3.15. The number of halogens is 1. The summed E-state index contributed by atoms with van der Waals surface area (Å²) in [6.07, 6.45) is 1.67.